The van der Waals surface area contributed by atoms with E-state index in [0.717, 1.165) is 16.3 Å². The van der Waals surface area contributed by atoms with E-state index < -0.39 is 0 Å². The van der Waals surface area contributed by atoms with Crippen molar-refractivity contribution in [1.82, 2.24) is 20.7 Å². The smallest absolute Gasteiger partial charge is 0.176 e. The number of thiazole rings is 1. The van der Waals surface area contributed by atoms with E-state index in [1.54, 1.807) is 29.1 Å². The molecule has 0 saturated carbocycles. The lowest BCUT2D eigenvalue weighted by molar-refractivity contribution is 0.194. The molecule has 2 aromatic heterocycles. The number of hydrogen-bond donors (Lipinski definition) is 3. The van der Waals surface area contributed by atoms with Crippen LogP contribution in [0.25, 0.3) is 10.6 Å². The average molecular weight is 361 g/mol. The molecular formula is C16H19N5O3S. The van der Waals surface area contributed by atoms with Gasteiger partial charge in [0.2, 0.25) is 0 Å². The Hall–Kier alpha value is -2.59. The Labute approximate surface area is 149 Å². The molecule has 0 amide bonds. The zero-order valence-corrected chi connectivity index (χ0v) is 14.7. The molecule has 0 aliphatic carbocycles. The number of hydroxylamine groups is 1. The zero-order valence-electron chi connectivity index (χ0n) is 13.8. The Balaban J connectivity index is 0.000000701. The van der Waals surface area contributed by atoms with Gasteiger partial charge in [-0.2, -0.15) is 5.10 Å². The van der Waals surface area contributed by atoms with Gasteiger partial charge in [0, 0.05) is 24.1 Å². The third kappa shape index (κ3) is 6.08. The first-order valence-corrected chi connectivity index (χ1v) is 8.20. The maximum atomic E-state index is 7.32. The SMILES string of the molecule is CNO.CONc1cc(OCc2csc(-c3ccccc3)n2)cnn1. The van der Waals surface area contributed by atoms with Gasteiger partial charge in [0.05, 0.1) is 19.0 Å². The number of nitrogens with one attached hydrogen (secondary N) is 2. The topological polar surface area (TPSA) is 101 Å². The first-order chi connectivity index (χ1) is 12.3. The van der Waals surface area contributed by atoms with Crippen LogP contribution in [-0.4, -0.2) is 34.5 Å². The minimum atomic E-state index is 0.376. The highest BCUT2D eigenvalue weighted by Crippen LogP contribution is 2.24. The minimum absolute atomic E-state index is 0.376. The predicted octanol–water partition coefficient (Wildman–Crippen LogP) is 2.75. The molecule has 0 aliphatic heterocycles. The van der Waals surface area contributed by atoms with E-state index in [9.17, 15) is 0 Å². The van der Waals surface area contributed by atoms with Crippen molar-refractivity contribution < 1.29 is 14.8 Å². The Morgan fingerprint density at radius 2 is 2.00 bits per heavy atom. The van der Waals surface area contributed by atoms with Crippen molar-refractivity contribution in [2.24, 2.45) is 0 Å². The van der Waals surface area contributed by atoms with E-state index in [2.05, 4.69) is 20.7 Å². The summed E-state index contributed by atoms with van der Waals surface area (Å²) in [6, 6.07) is 11.8. The van der Waals surface area contributed by atoms with Gasteiger partial charge in [-0.05, 0) is 0 Å². The van der Waals surface area contributed by atoms with Gasteiger partial charge in [0.15, 0.2) is 5.82 Å². The fourth-order valence-corrected chi connectivity index (χ4v) is 2.64. The molecule has 9 heteroatoms. The fraction of sp³-hybridized carbons (Fsp3) is 0.188. The molecule has 132 valence electrons. The molecule has 8 nitrogen and oxygen atoms in total. The first kappa shape index (κ1) is 18.7. The summed E-state index contributed by atoms with van der Waals surface area (Å²) in [7, 11) is 2.94. The lowest BCUT2D eigenvalue weighted by Crippen LogP contribution is -2.01. The summed E-state index contributed by atoms with van der Waals surface area (Å²) in [6.07, 6.45) is 1.55. The Bertz CT molecular complexity index is 754. The van der Waals surface area contributed by atoms with E-state index in [0.29, 0.717) is 18.2 Å². The third-order valence-electron chi connectivity index (χ3n) is 2.80. The van der Waals surface area contributed by atoms with Gasteiger partial charge in [-0.3, -0.25) is 4.84 Å². The van der Waals surface area contributed by atoms with Crippen molar-refractivity contribution in [3.05, 3.63) is 53.7 Å². The number of rotatable bonds is 6. The van der Waals surface area contributed by atoms with Crippen molar-refractivity contribution in [3.63, 3.8) is 0 Å². The number of nitrogens with zero attached hydrogens (tertiary/aromatic N) is 3. The Morgan fingerprint density at radius 1 is 1.24 bits per heavy atom. The molecule has 0 aliphatic rings. The van der Waals surface area contributed by atoms with Gasteiger partial charge >= 0.3 is 0 Å². The van der Waals surface area contributed by atoms with Crippen molar-refractivity contribution >= 4 is 17.2 Å². The normalized spacial score (nSPS) is 9.88. The number of ether oxygens (including phenoxy) is 1. The van der Waals surface area contributed by atoms with Gasteiger partial charge in [0.25, 0.3) is 0 Å². The second-order valence-electron chi connectivity index (χ2n) is 4.61. The maximum absolute atomic E-state index is 7.32. The van der Waals surface area contributed by atoms with Crippen molar-refractivity contribution in [3.8, 4) is 16.3 Å². The summed E-state index contributed by atoms with van der Waals surface area (Å²) in [5.74, 6) is 1.09. The van der Waals surface area contributed by atoms with Crippen molar-refractivity contribution in [1.29, 1.82) is 0 Å². The first-order valence-electron chi connectivity index (χ1n) is 7.32. The highest BCUT2D eigenvalue weighted by molar-refractivity contribution is 7.13. The number of anilines is 1. The van der Waals surface area contributed by atoms with E-state index in [1.165, 1.54) is 14.2 Å². The second kappa shape index (κ2) is 10.3. The van der Waals surface area contributed by atoms with Crippen LogP contribution in [0.4, 0.5) is 5.82 Å². The second-order valence-corrected chi connectivity index (χ2v) is 5.46. The molecule has 25 heavy (non-hydrogen) atoms. The number of hydrogen-bond acceptors (Lipinski definition) is 9. The van der Waals surface area contributed by atoms with Crippen LogP contribution >= 0.6 is 11.3 Å². The molecule has 0 unspecified atom stereocenters. The van der Waals surface area contributed by atoms with Crippen LogP contribution in [0.3, 0.4) is 0 Å². The van der Waals surface area contributed by atoms with Gasteiger partial charge < -0.3 is 9.94 Å². The van der Waals surface area contributed by atoms with Crippen LogP contribution < -0.4 is 15.7 Å². The largest absolute Gasteiger partial charge is 0.485 e. The predicted molar refractivity (Wildman–Crippen MR) is 95.4 cm³/mol. The monoisotopic (exact) mass is 361 g/mol. The molecule has 3 N–H and O–H groups in total. The molecule has 0 saturated heterocycles. The summed E-state index contributed by atoms with van der Waals surface area (Å²) in [5, 5.41) is 18.0. The molecule has 0 spiro atoms. The van der Waals surface area contributed by atoms with Crippen LogP contribution in [-0.2, 0) is 11.4 Å². The molecule has 2 heterocycles. The minimum Gasteiger partial charge on any atom is -0.485 e. The summed E-state index contributed by atoms with van der Waals surface area (Å²) >= 11 is 1.60. The van der Waals surface area contributed by atoms with Gasteiger partial charge in [-0.1, -0.05) is 30.3 Å². The number of benzene rings is 1. The molecule has 0 atom stereocenters. The highest BCUT2D eigenvalue weighted by Gasteiger charge is 2.06. The van der Waals surface area contributed by atoms with Crippen LogP contribution in [0.2, 0.25) is 0 Å². The number of aromatic nitrogens is 3. The molecular weight excluding hydrogens is 342 g/mol. The lowest BCUT2D eigenvalue weighted by atomic mass is 10.2. The molecule has 0 fully saturated rings. The quantitative estimate of drug-likeness (QED) is 0.576. The van der Waals surface area contributed by atoms with Gasteiger partial charge in [-0.15, -0.1) is 16.4 Å². The van der Waals surface area contributed by atoms with Crippen LogP contribution in [0, 0.1) is 0 Å². The maximum Gasteiger partial charge on any atom is 0.176 e. The lowest BCUT2D eigenvalue weighted by Gasteiger charge is -2.05. The Kier molecular flexibility index (Phi) is 7.73. The summed E-state index contributed by atoms with van der Waals surface area (Å²) in [4.78, 5) is 9.35. The average Bonchev–Trinajstić information content (AvgIpc) is 3.11. The van der Waals surface area contributed by atoms with E-state index >= 15 is 0 Å². The molecule has 3 rings (SSSR count). The summed E-state index contributed by atoms with van der Waals surface area (Å²) in [5.41, 5.74) is 6.34. The van der Waals surface area contributed by atoms with Crippen LogP contribution in [0.15, 0.2) is 48.0 Å². The molecule has 3 aromatic rings. The molecule has 1 aromatic carbocycles. The molecule has 0 bridgehead atoms. The summed E-state index contributed by atoms with van der Waals surface area (Å²) in [6.45, 7) is 0.376. The third-order valence-corrected chi connectivity index (χ3v) is 3.74. The highest BCUT2D eigenvalue weighted by atomic mass is 32.1. The van der Waals surface area contributed by atoms with Gasteiger partial charge in [-0.25, -0.2) is 15.9 Å². The summed E-state index contributed by atoms with van der Waals surface area (Å²) < 4.78 is 5.67. The molecule has 0 radical (unpaired) electrons. The van der Waals surface area contributed by atoms with Crippen molar-refractivity contribution in [2.45, 2.75) is 6.61 Å². The van der Waals surface area contributed by atoms with E-state index in [1.807, 2.05) is 35.7 Å². The van der Waals surface area contributed by atoms with E-state index in [4.69, 9.17) is 14.8 Å². The van der Waals surface area contributed by atoms with Crippen LogP contribution in [0.5, 0.6) is 5.75 Å². The Morgan fingerprint density at radius 3 is 2.72 bits per heavy atom. The standard InChI is InChI=1S/C15H14N4O2S.CH5NO/c1-20-19-14-7-13(8-16-18-14)21-9-12-10-22-15(17-12)11-5-3-2-4-6-11;1-2-3/h2-8,10H,9H2,1H3,(H,18,19);2-3H,1H3. The van der Waals surface area contributed by atoms with Crippen molar-refractivity contribution in [2.75, 3.05) is 19.6 Å². The zero-order chi connectivity index (χ0) is 17.9. The van der Waals surface area contributed by atoms with Crippen LogP contribution in [0.1, 0.15) is 5.69 Å². The van der Waals surface area contributed by atoms with Gasteiger partial charge in [0.1, 0.15) is 17.4 Å². The fourth-order valence-electron chi connectivity index (χ4n) is 1.83. The van der Waals surface area contributed by atoms with E-state index in [-0.39, 0.29) is 0 Å².